The van der Waals surface area contributed by atoms with Crippen molar-refractivity contribution >= 4 is 45.6 Å². The Hall–Kier alpha value is -2.54. The number of halogens is 1. The van der Waals surface area contributed by atoms with E-state index in [0.717, 1.165) is 36.8 Å². The molecule has 0 spiro atoms. The second kappa shape index (κ2) is 12.1. The van der Waals surface area contributed by atoms with Crippen LogP contribution in [0.1, 0.15) is 67.9 Å². The first kappa shape index (κ1) is 28.5. The number of fused-ring (bicyclic) bond motifs is 1. The summed E-state index contributed by atoms with van der Waals surface area (Å²) < 4.78 is 7.83. The summed E-state index contributed by atoms with van der Waals surface area (Å²) in [5.74, 6) is 2.00. The predicted molar refractivity (Wildman–Crippen MR) is 154 cm³/mol. The van der Waals surface area contributed by atoms with Gasteiger partial charge in [-0.2, -0.15) is 5.26 Å². The number of amides is 1. The van der Waals surface area contributed by atoms with E-state index < -0.39 is 0 Å². The van der Waals surface area contributed by atoms with E-state index in [1.54, 1.807) is 11.3 Å². The van der Waals surface area contributed by atoms with Crippen molar-refractivity contribution in [3.63, 3.8) is 0 Å². The van der Waals surface area contributed by atoms with Crippen LogP contribution in [0.15, 0.2) is 23.4 Å². The molecular weight excluding hydrogens is 538 g/mol. The Labute approximate surface area is 237 Å². The molecule has 0 bridgehead atoms. The van der Waals surface area contributed by atoms with Gasteiger partial charge in [0.1, 0.15) is 23.4 Å². The minimum atomic E-state index is -0.157. The van der Waals surface area contributed by atoms with Crippen molar-refractivity contribution in [2.24, 2.45) is 11.3 Å². The molecule has 1 unspecified atom stereocenters. The normalized spacial score (nSPS) is 15.1. The van der Waals surface area contributed by atoms with Crippen molar-refractivity contribution in [2.45, 2.75) is 78.6 Å². The summed E-state index contributed by atoms with van der Waals surface area (Å²) in [5, 5.41) is 23.4. The van der Waals surface area contributed by atoms with Crippen molar-refractivity contribution in [3.05, 3.63) is 50.6 Å². The molecule has 4 rings (SSSR count). The van der Waals surface area contributed by atoms with E-state index in [-0.39, 0.29) is 23.7 Å². The van der Waals surface area contributed by atoms with Gasteiger partial charge in [-0.1, -0.05) is 50.6 Å². The third-order valence-electron chi connectivity index (χ3n) is 7.59. The van der Waals surface area contributed by atoms with Gasteiger partial charge in [0, 0.05) is 16.4 Å². The Morgan fingerprint density at radius 1 is 1.37 bits per heavy atom. The average Bonchev–Trinajstić information content (AvgIpc) is 3.47. The van der Waals surface area contributed by atoms with Gasteiger partial charge in [-0.3, -0.25) is 4.79 Å². The maximum Gasteiger partial charge on any atom is 0.235 e. The van der Waals surface area contributed by atoms with Crippen LogP contribution in [-0.4, -0.2) is 26.4 Å². The molecule has 2 heterocycles. The number of nitrogens with zero attached hydrogens (tertiary/aromatic N) is 4. The predicted octanol–water partition coefficient (Wildman–Crippen LogP) is 7.04. The van der Waals surface area contributed by atoms with E-state index in [1.807, 2.05) is 36.6 Å². The Morgan fingerprint density at radius 3 is 2.84 bits per heavy atom. The van der Waals surface area contributed by atoms with Crippen LogP contribution in [0.4, 0.5) is 5.00 Å². The molecule has 1 N–H and O–H groups in total. The lowest BCUT2D eigenvalue weighted by molar-refractivity contribution is -0.113. The Morgan fingerprint density at radius 2 is 2.16 bits per heavy atom. The largest absolute Gasteiger partial charge is 0.486 e. The summed E-state index contributed by atoms with van der Waals surface area (Å²) in [7, 11) is 0. The fraction of sp³-hybridized carbons (Fsp3) is 0.500. The molecule has 0 saturated carbocycles. The van der Waals surface area contributed by atoms with Crippen molar-refractivity contribution in [1.82, 2.24) is 14.8 Å². The van der Waals surface area contributed by atoms with Crippen molar-refractivity contribution in [3.8, 4) is 11.8 Å². The van der Waals surface area contributed by atoms with Crippen LogP contribution in [-0.2, 0) is 30.8 Å². The molecule has 7 nitrogen and oxygen atoms in total. The topological polar surface area (TPSA) is 92.8 Å². The third kappa shape index (κ3) is 6.19. The molecule has 202 valence electrons. The monoisotopic (exact) mass is 571 g/mol. The van der Waals surface area contributed by atoms with Crippen LogP contribution in [0.2, 0.25) is 5.02 Å². The molecule has 0 aliphatic heterocycles. The SMILES string of the molecule is CCn1c(COc2ccc(Cl)c(C)c2)nnc1SCC(=O)Nc1sc2c(c1C#N)CCC(C(C)(C)CC)C2. The third-order valence-corrected chi connectivity index (χ3v) is 10.1. The number of thiophene rings is 1. The van der Waals surface area contributed by atoms with Gasteiger partial charge in [0.15, 0.2) is 11.0 Å². The molecule has 0 radical (unpaired) electrons. The summed E-state index contributed by atoms with van der Waals surface area (Å²) >= 11 is 8.99. The number of ether oxygens (including phenoxy) is 1. The molecular formula is C28H34ClN5O2S2. The number of hydrogen-bond donors (Lipinski definition) is 1. The summed E-state index contributed by atoms with van der Waals surface area (Å²) in [6.07, 6.45) is 4.08. The maximum atomic E-state index is 12.9. The lowest BCUT2D eigenvalue weighted by atomic mass is 9.69. The highest BCUT2D eigenvalue weighted by molar-refractivity contribution is 7.99. The number of rotatable bonds is 10. The van der Waals surface area contributed by atoms with Crippen molar-refractivity contribution in [2.75, 3.05) is 11.1 Å². The van der Waals surface area contributed by atoms with Gasteiger partial charge < -0.3 is 14.6 Å². The standard InChI is InChI=1S/C28H34ClN5O2S2/c1-6-28(4,5)18-8-10-20-21(14-30)26(38-23(20)13-18)31-25(35)16-37-27-33-32-24(34(27)7-2)15-36-19-9-11-22(29)17(3)12-19/h9,11-12,18H,6-8,10,13,15-16H2,1-5H3,(H,31,35). The van der Waals surface area contributed by atoms with Crippen LogP contribution in [0.3, 0.4) is 0 Å². The van der Waals surface area contributed by atoms with Gasteiger partial charge in [-0.05, 0) is 73.8 Å². The first-order valence-electron chi connectivity index (χ1n) is 12.9. The zero-order valence-electron chi connectivity index (χ0n) is 22.6. The van der Waals surface area contributed by atoms with Gasteiger partial charge in [0.05, 0.1) is 11.3 Å². The van der Waals surface area contributed by atoms with E-state index >= 15 is 0 Å². The Bertz CT molecular complexity index is 1360. The highest BCUT2D eigenvalue weighted by Gasteiger charge is 2.34. The number of anilines is 1. The lowest BCUT2D eigenvalue weighted by Gasteiger charge is -2.36. The summed E-state index contributed by atoms with van der Waals surface area (Å²) in [5.41, 5.74) is 2.96. The molecule has 0 fully saturated rings. The maximum absolute atomic E-state index is 12.9. The van der Waals surface area contributed by atoms with Crippen LogP contribution in [0.5, 0.6) is 5.75 Å². The highest BCUT2D eigenvalue weighted by Crippen LogP contribution is 2.45. The smallest absolute Gasteiger partial charge is 0.235 e. The second-order valence-electron chi connectivity index (χ2n) is 10.3. The summed E-state index contributed by atoms with van der Waals surface area (Å²) in [6.45, 7) is 11.7. The molecule has 1 atom stereocenters. The molecule has 1 aliphatic carbocycles. The molecule has 1 aliphatic rings. The van der Waals surface area contributed by atoms with Gasteiger partial charge in [0.2, 0.25) is 5.91 Å². The minimum Gasteiger partial charge on any atom is -0.486 e. The number of benzene rings is 1. The first-order chi connectivity index (χ1) is 18.2. The molecule has 0 saturated heterocycles. The molecule has 3 aromatic rings. The van der Waals surface area contributed by atoms with Gasteiger partial charge in [-0.15, -0.1) is 21.5 Å². The van der Waals surface area contributed by atoms with E-state index in [1.165, 1.54) is 16.6 Å². The molecule has 38 heavy (non-hydrogen) atoms. The summed E-state index contributed by atoms with van der Waals surface area (Å²) in [6, 6.07) is 7.87. The number of aryl methyl sites for hydroxylation is 1. The highest BCUT2D eigenvalue weighted by atomic mass is 35.5. The minimum absolute atomic E-state index is 0.157. The molecule has 1 amide bonds. The number of nitrogens with one attached hydrogen (secondary N) is 1. The number of hydrogen-bond acceptors (Lipinski definition) is 7. The van der Waals surface area contributed by atoms with Crippen LogP contribution in [0.25, 0.3) is 0 Å². The van der Waals surface area contributed by atoms with Gasteiger partial charge in [0.25, 0.3) is 0 Å². The van der Waals surface area contributed by atoms with Crippen LogP contribution in [0, 0.1) is 29.6 Å². The Kier molecular flexibility index (Phi) is 9.07. The zero-order chi connectivity index (χ0) is 27.4. The number of thioether (sulfide) groups is 1. The fourth-order valence-electron chi connectivity index (χ4n) is 4.75. The van der Waals surface area contributed by atoms with E-state index in [4.69, 9.17) is 16.3 Å². The van der Waals surface area contributed by atoms with Crippen LogP contribution < -0.4 is 10.1 Å². The number of carbonyl (C=O) groups excluding carboxylic acids is 1. The second-order valence-corrected chi connectivity index (χ2v) is 12.7. The van der Waals surface area contributed by atoms with E-state index in [0.29, 0.717) is 44.8 Å². The van der Waals surface area contributed by atoms with Gasteiger partial charge in [-0.25, -0.2) is 0 Å². The van der Waals surface area contributed by atoms with Gasteiger partial charge >= 0.3 is 0 Å². The van der Waals surface area contributed by atoms with Crippen molar-refractivity contribution in [1.29, 1.82) is 5.26 Å². The lowest BCUT2D eigenvalue weighted by Crippen LogP contribution is -2.28. The zero-order valence-corrected chi connectivity index (χ0v) is 24.9. The average molecular weight is 572 g/mol. The first-order valence-corrected chi connectivity index (χ1v) is 15.1. The van der Waals surface area contributed by atoms with E-state index in [9.17, 15) is 10.1 Å². The quantitative estimate of drug-likeness (QED) is 0.262. The fourth-order valence-corrected chi connectivity index (χ4v) is 6.98. The molecule has 1 aromatic carbocycles. The number of aromatic nitrogens is 3. The Balaban J connectivity index is 1.38. The summed E-state index contributed by atoms with van der Waals surface area (Å²) in [4.78, 5) is 14.1. The number of carbonyl (C=O) groups is 1. The number of nitriles is 1. The van der Waals surface area contributed by atoms with Crippen LogP contribution >= 0.6 is 34.7 Å². The molecule has 10 heteroatoms. The molecule has 2 aromatic heterocycles. The van der Waals surface area contributed by atoms with E-state index in [2.05, 4.69) is 42.4 Å². The van der Waals surface area contributed by atoms with Crippen molar-refractivity contribution < 1.29 is 9.53 Å².